The smallest absolute Gasteiger partial charge is 0.401 e. The molecule has 1 atom stereocenters. The Hall–Kier alpha value is -1.47. The monoisotopic (exact) mass is 350 g/mol. The number of nitrogens with zero attached hydrogens (tertiary/aromatic N) is 1. The third kappa shape index (κ3) is 5.58. The van der Waals surface area contributed by atoms with Crippen LogP contribution in [0.2, 0.25) is 5.02 Å². The maximum absolute atomic E-state index is 12.2. The minimum Gasteiger partial charge on any atom is -0.480 e. The number of carbonyl (C=O) groups is 1. The van der Waals surface area contributed by atoms with Gasteiger partial charge in [-0.3, -0.25) is 9.69 Å². The molecule has 23 heavy (non-hydrogen) atoms. The minimum atomic E-state index is -4.21. The molecule has 0 aliphatic carbocycles. The Morgan fingerprint density at radius 1 is 1.48 bits per heavy atom. The number of carbonyl (C=O) groups excluding carboxylic acids is 1. The summed E-state index contributed by atoms with van der Waals surface area (Å²) < 4.78 is 42.0. The second-order valence-corrected chi connectivity index (χ2v) is 6.00. The fourth-order valence-electron chi connectivity index (χ4n) is 2.42. The third-order valence-corrected chi connectivity index (χ3v) is 3.69. The molecule has 1 N–H and O–H groups in total. The second kappa shape index (κ2) is 7.40. The van der Waals surface area contributed by atoms with Crippen LogP contribution < -0.4 is 10.1 Å². The molecule has 0 fully saturated rings. The number of hydrogen-bond donors (Lipinski definition) is 1. The molecule has 1 amide bonds. The van der Waals surface area contributed by atoms with Crippen LogP contribution in [0, 0.1) is 0 Å². The number of ether oxygens (including phenoxy) is 1. The zero-order valence-corrected chi connectivity index (χ0v) is 13.4. The van der Waals surface area contributed by atoms with E-state index >= 15 is 0 Å². The van der Waals surface area contributed by atoms with Gasteiger partial charge < -0.3 is 10.1 Å². The van der Waals surface area contributed by atoms with Crippen molar-refractivity contribution in [1.29, 1.82) is 0 Å². The van der Waals surface area contributed by atoms with E-state index in [0.29, 0.717) is 30.2 Å². The van der Waals surface area contributed by atoms with Crippen LogP contribution in [0.1, 0.15) is 12.0 Å². The van der Waals surface area contributed by atoms with Crippen molar-refractivity contribution in [3.63, 3.8) is 0 Å². The van der Waals surface area contributed by atoms with Gasteiger partial charge in [0.1, 0.15) is 5.75 Å². The first-order valence-corrected chi connectivity index (χ1v) is 7.60. The summed E-state index contributed by atoms with van der Waals surface area (Å²) in [6.45, 7) is -0.401. The molecule has 1 heterocycles. The Bertz CT molecular complexity index is 566. The first-order valence-electron chi connectivity index (χ1n) is 7.23. The summed E-state index contributed by atoms with van der Waals surface area (Å²) in [4.78, 5) is 13.2. The molecule has 2 rings (SSSR count). The molecule has 128 valence electrons. The minimum absolute atomic E-state index is 0.251. The fourth-order valence-corrected chi connectivity index (χ4v) is 2.62. The van der Waals surface area contributed by atoms with E-state index in [1.807, 2.05) is 0 Å². The molecule has 1 aliphatic heterocycles. The summed E-state index contributed by atoms with van der Waals surface area (Å²) >= 11 is 5.89. The lowest BCUT2D eigenvalue weighted by Gasteiger charge is -2.18. The molecule has 0 bridgehead atoms. The summed E-state index contributed by atoms with van der Waals surface area (Å²) in [6.07, 6.45) is -3.95. The third-order valence-electron chi connectivity index (χ3n) is 3.45. The normalized spacial score (nSPS) is 17.0. The number of fused-ring (bicyclic) bond motifs is 1. The van der Waals surface area contributed by atoms with Gasteiger partial charge in [-0.25, -0.2) is 0 Å². The van der Waals surface area contributed by atoms with E-state index in [1.54, 1.807) is 18.2 Å². The Morgan fingerprint density at radius 3 is 2.91 bits per heavy atom. The van der Waals surface area contributed by atoms with Gasteiger partial charge in [0.2, 0.25) is 0 Å². The van der Waals surface area contributed by atoms with Gasteiger partial charge in [-0.05, 0) is 43.8 Å². The van der Waals surface area contributed by atoms with E-state index in [2.05, 4.69) is 5.32 Å². The predicted octanol–water partition coefficient (Wildman–Crippen LogP) is 2.64. The summed E-state index contributed by atoms with van der Waals surface area (Å²) in [7, 11) is 1.40. The SMILES string of the molecule is CN(CCCNC(=O)C1Cc2cc(Cl)ccc2O1)CC(F)(F)F. The van der Waals surface area contributed by atoms with Gasteiger partial charge in [0.25, 0.3) is 5.91 Å². The van der Waals surface area contributed by atoms with Crippen molar-refractivity contribution in [3.8, 4) is 5.75 Å². The standard InChI is InChI=1S/C15H18ClF3N2O2/c1-21(9-15(17,18)19)6-2-5-20-14(22)13-8-10-7-11(16)3-4-12(10)23-13/h3-4,7,13H,2,5-6,8-9H2,1H3,(H,20,22). The molecular formula is C15H18ClF3N2O2. The highest BCUT2D eigenvalue weighted by Gasteiger charge is 2.30. The van der Waals surface area contributed by atoms with Gasteiger partial charge in [0.15, 0.2) is 6.10 Å². The molecule has 0 aromatic heterocycles. The molecule has 1 aromatic rings. The number of rotatable bonds is 6. The summed E-state index contributed by atoms with van der Waals surface area (Å²) in [5.74, 6) is 0.371. The van der Waals surface area contributed by atoms with E-state index < -0.39 is 18.8 Å². The summed E-state index contributed by atoms with van der Waals surface area (Å²) in [5.41, 5.74) is 0.877. The lowest BCUT2D eigenvalue weighted by Crippen LogP contribution is -2.39. The Kier molecular flexibility index (Phi) is 5.75. The first-order chi connectivity index (χ1) is 10.7. The maximum Gasteiger partial charge on any atom is 0.401 e. The fraction of sp³-hybridized carbons (Fsp3) is 0.533. The van der Waals surface area contributed by atoms with Crippen LogP contribution in [-0.2, 0) is 11.2 Å². The van der Waals surface area contributed by atoms with Crippen LogP contribution in [0.15, 0.2) is 18.2 Å². The summed E-state index contributed by atoms with van der Waals surface area (Å²) in [5, 5.41) is 3.27. The molecule has 1 aliphatic rings. The highest BCUT2D eigenvalue weighted by molar-refractivity contribution is 6.30. The van der Waals surface area contributed by atoms with E-state index in [0.717, 1.165) is 5.56 Å². The zero-order valence-electron chi connectivity index (χ0n) is 12.6. The number of benzene rings is 1. The van der Waals surface area contributed by atoms with Gasteiger partial charge in [0, 0.05) is 18.0 Å². The van der Waals surface area contributed by atoms with E-state index in [4.69, 9.17) is 16.3 Å². The quantitative estimate of drug-likeness (QED) is 0.802. The van der Waals surface area contributed by atoms with Crippen molar-refractivity contribution in [1.82, 2.24) is 10.2 Å². The number of halogens is 4. The molecule has 0 radical (unpaired) electrons. The lowest BCUT2D eigenvalue weighted by atomic mass is 10.1. The number of nitrogens with one attached hydrogen (secondary N) is 1. The van der Waals surface area contributed by atoms with Crippen LogP contribution in [0.4, 0.5) is 13.2 Å². The van der Waals surface area contributed by atoms with E-state index in [1.165, 1.54) is 11.9 Å². The molecule has 8 heteroatoms. The number of alkyl halides is 3. The van der Waals surface area contributed by atoms with Gasteiger partial charge in [-0.1, -0.05) is 11.6 Å². The van der Waals surface area contributed by atoms with Crippen molar-refractivity contribution in [3.05, 3.63) is 28.8 Å². The van der Waals surface area contributed by atoms with Gasteiger partial charge >= 0.3 is 6.18 Å². The molecule has 0 saturated carbocycles. The molecule has 1 unspecified atom stereocenters. The highest BCUT2D eigenvalue weighted by Crippen LogP contribution is 2.31. The van der Waals surface area contributed by atoms with Gasteiger partial charge in [0.05, 0.1) is 6.54 Å². The number of hydrogen-bond acceptors (Lipinski definition) is 3. The predicted molar refractivity (Wildman–Crippen MR) is 80.8 cm³/mol. The van der Waals surface area contributed by atoms with Crippen LogP contribution in [0.5, 0.6) is 5.75 Å². The molecule has 4 nitrogen and oxygen atoms in total. The Morgan fingerprint density at radius 2 is 2.22 bits per heavy atom. The van der Waals surface area contributed by atoms with Crippen molar-refractivity contribution in [2.45, 2.75) is 25.1 Å². The highest BCUT2D eigenvalue weighted by atomic mass is 35.5. The average Bonchev–Trinajstić information content (AvgIpc) is 2.84. The lowest BCUT2D eigenvalue weighted by molar-refractivity contribution is -0.143. The van der Waals surface area contributed by atoms with Gasteiger partial charge in [-0.15, -0.1) is 0 Å². The second-order valence-electron chi connectivity index (χ2n) is 5.56. The van der Waals surface area contributed by atoms with Crippen LogP contribution in [0.3, 0.4) is 0 Å². The zero-order chi connectivity index (χ0) is 17.0. The summed E-state index contributed by atoms with van der Waals surface area (Å²) in [6, 6.07) is 5.17. The molecule has 0 saturated heterocycles. The van der Waals surface area contributed by atoms with Gasteiger partial charge in [-0.2, -0.15) is 13.2 Å². The van der Waals surface area contributed by atoms with Crippen molar-refractivity contribution in [2.24, 2.45) is 0 Å². The molecule has 1 aromatic carbocycles. The average molecular weight is 351 g/mol. The number of amides is 1. The first kappa shape index (κ1) is 17.9. The van der Waals surface area contributed by atoms with Crippen LogP contribution in [-0.4, -0.2) is 49.8 Å². The van der Waals surface area contributed by atoms with E-state index in [-0.39, 0.29) is 12.5 Å². The molecular weight excluding hydrogens is 333 g/mol. The van der Waals surface area contributed by atoms with E-state index in [9.17, 15) is 18.0 Å². The largest absolute Gasteiger partial charge is 0.480 e. The van der Waals surface area contributed by atoms with Crippen LogP contribution in [0.25, 0.3) is 0 Å². The molecule has 0 spiro atoms. The van der Waals surface area contributed by atoms with Crippen molar-refractivity contribution >= 4 is 17.5 Å². The van der Waals surface area contributed by atoms with Crippen LogP contribution >= 0.6 is 11.6 Å². The Labute approximate surface area is 137 Å². The topological polar surface area (TPSA) is 41.6 Å². The van der Waals surface area contributed by atoms with Crippen molar-refractivity contribution < 1.29 is 22.7 Å². The van der Waals surface area contributed by atoms with Crippen molar-refractivity contribution in [2.75, 3.05) is 26.7 Å². The maximum atomic E-state index is 12.2. The Balaban J connectivity index is 1.69.